The fourth-order valence-electron chi connectivity index (χ4n) is 1.63. The van der Waals surface area contributed by atoms with Crippen molar-refractivity contribution in [2.45, 2.75) is 6.18 Å². The Bertz CT molecular complexity index is 639. The summed E-state index contributed by atoms with van der Waals surface area (Å²) in [4.78, 5) is 0. The molecular formula is C10H7F3N6O. The van der Waals surface area contributed by atoms with Gasteiger partial charge in [-0.1, -0.05) is 6.07 Å². The number of halogens is 3. The lowest BCUT2D eigenvalue weighted by Gasteiger charge is -2.13. The molecule has 2 aromatic rings. The largest absolute Gasteiger partial charge is 0.451 e. The molecule has 0 radical (unpaired) electrons. The van der Waals surface area contributed by atoms with Crippen LogP contribution in [-0.4, -0.2) is 33.3 Å². The van der Waals surface area contributed by atoms with Crippen LogP contribution in [0.4, 0.5) is 18.9 Å². The van der Waals surface area contributed by atoms with E-state index in [1.165, 1.54) is 17.1 Å². The van der Waals surface area contributed by atoms with Crippen LogP contribution in [0.2, 0.25) is 0 Å². The molecule has 1 aliphatic heterocycles. The number of hydrogen-bond acceptors (Lipinski definition) is 6. The van der Waals surface area contributed by atoms with Crippen LogP contribution in [0, 0.1) is 0 Å². The molecule has 104 valence electrons. The van der Waals surface area contributed by atoms with Crippen LogP contribution in [0.25, 0.3) is 0 Å². The maximum atomic E-state index is 12.6. The van der Waals surface area contributed by atoms with Crippen molar-refractivity contribution in [1.82, 2.24) is 20.6 Å². The van der Waals surface area contributed by atoms with E-state index in [2.05, 4.69) is 25.7 Å². The summed E-state index contributed by atoms with van der Waals surface area (Å²) < 4.78 is 43.1. The van der Waals surface area contributed by atoms with Crippen molar-refractivity contribution in [1.29, 1.82) is 0 Å². The van der Waals surface area contributed by atoms with E-state index in [1.807, 2.05) is 0 Å². The minimum Gasteiger partial charge on any atom is -0.451 e. The molecule has 10 heteroatoms. The zero-order valence-electron chi connectivity index (χ0n) is 9.79. The second-order valence-electron chi connectivity index (χ2n) is 3.86. The van der Waals surface area contributed by atoms with Gasteiger partial charge in [-0.2, -0.15) is 18.4 Å². The first kappa shape index (κ1) is 12.4. The number of H-pyrrole nitrogens is 1. The zero-order valence-corrected chi connectivity index (χ0v) is 9.79. The molecule has 0 spiro atoms. The topological polar surface area (TPSA) is 79.3 Å². The molecular weight excluding hydrogens is 277 g/mol. The summed E-state index contributed by atoms with van der Waals surface area (Å²) in [5.41, 5.74) is -0.489. The number of anilines is 1. The van der Waals surface area contributed by atoms with Crippen molar-refractivity contribution in [2.75, 3.05) is 11.7 Å². The van der Waals surface area contributed by atoms with Crippen molar-refractivity contribution >= 4 is 11.6 Å². The number of tetrazole rings is 1. The highest BCUT2D eigenvalue weighted by atomic mass is 19.4. The molecule has 0 saturated heterocycles. The number of rotatable bonds is 2. The fourth-order valence-corrected chi connectivity index (χ4v) is 1.63. The van der Waals surface area contributed by atoms with Gasteiger partial charge in [-0.05, 0) is 23.4 Å². The Morgan fingerprint density at radius 3 is 2.85 bits per heavy atom. The molecule has 0 fully saturated rings. The van der Waals surface area contributed by atoms with Crippen LogP contribution in [0.15, 0.2) is 29.4 Å². The van der Waals surface area contributed by atoms with Gasteiger partial charge in [-0.3, -0.25) is 0 Å². The molecule has 1 aromatic heterocycles. The van der Waals surface area contributed by atoms with Gasteiger partial charge in [0.1, 0.15) is 0 Å². The van der Waals surface area contributed by atoms with Gasteiger partial charge in [0.2, 0.25) is 0 Å². The van der Waals surface area contributed by atoms with E-state index in [0.29, 0.717) is 0 Å². The Morgan fingerprint density at radius 2 is 2.15 bits per heavy atom. The summed E-state index contributed by atoms with van der Waals surface area (Å²) in [6.45, 7) is -0.0226. The number of nitrogens with zero attached hydrogens (tertiary/aromatic N) is 5. The number of nitrogens with one attached hydrogen (secondary N) is 1. The van der Waals surface area contributed by atoms with E-state index in [1.54, 1.807) is 0 Å². The van der Waals surface area contributed by atoms with Gasteiger partial charge in [-0.25, -0.2) is 5.01 Å². The van der Waals surface area contributed by atoms with E-state index >= 15 is 0 Å². The normalized spacial score (nSPS) is 15.2. The highest BCUT2D eigenvalue weighted by Gasteiger charge is 2.31. The van der Waals surface area contributed by atoms with E-state index in [0.717, 1.165) is 12.1 Å². The minimum absolute atomic E-state index is 0.0226. The Morgan fingerprint density at radius 1 is 1.30 bits per heavy atom. The van der Waals surface area contributed by atoms with Crippen molar-refractivity contribution in [3.05, 3.63) is 35.7 Å². The molecule has 1 aromatic carbocycles. The Kier molecular flexibility index (Phi) is 2.77. The third-order valence-electron chi connectivity index (χ3n) is 2.54. The van der Waals surface area contributed by atoms with Gasteiger partial charge in [0, 0.05) is 0 Å². The lowest BCUT2D eigenvalue weighted by Crippen LogP contribution is -2.14. The molecule has 20 heavy (non-hydrogen) atoms. The number of hydrogen-bond donors (Lipinski definition) is 1. The highest BCUT2D eigenvalue weighted by molar-refractivity contribution is 5.92. The second-order valence-corrected chi connectivity index (χ2v) is 3.86. The van der Waals surface area contributed by atoms with Gasteiger partial charge < -0.3 is 4.74 Å². The Hall–Kier alpha value is -2.65. The van der Waals surface area contributed by atoms with Crippen molar-refractivity contribution in [2.24, 2.45) is 5.10 Å². The number of hydrazone groups is 1. The maximum absolute atomic E-state index is 12.6. The van der Waals surface area contributed by atoms with Crippen LogP contribution in [0.5, 0.6) is 0 Å². The van der Waals surface area contributed by atoms with Crippen molar-refractivity contribution in [3.63, 3.8) is 0 Å². The molecule has 0 aliphatic carbocycles. The van der Waals surface area contributed by atoms with Gasteiger partial charge in [-0.15, -0.1) is 15.3 Å². The lowest BCUT2D eigenvalue weighted by atomic mass is 10.2. The number of alkyl halides is 3. The summed E-state index contributed by atoms with van der Waals surface area (Å²) in [5, 5.41) is 18.2. The number of aromatic amines is 1. The minimum atomic E-state index is -4.41. The molecule has 0 amide bonds. The third-order valence-corrected chi connectivity index (χ3v) is 2.54. The summed E-state index contributed by atoms with van der Waals surface area (Å²) in [7, 11) is 0. The van der Waals surface area contributed by atoms with Crippen molar-refractivity contribution < 1.29 is 17.9 Å². The molecule has 0 unspecified atom stereocenters. The summed E-state index contributed by atoms with van der Waals surface area (Å²) >= 11 is 0. The average Bonchev–Trinajstić information content (AvgIpc) is 3.09. The number of benzene rings is 1. The van der Waals surface area contributed by atoms with E-state index < -0.39 is 11.7 Å². The second kappa shape index (κ2) is 4.47. The number of ether oxygens (including phenoxy) is 1. The Labute approximate surface area is 110 Å². The molecule has 1 aliphatic rings. The molecule has 7 nitrogen and oxygen atoms in total. The Balaban J connectivity index is 1.88. The van der Waals surface area contributed by atoms with Gasteiger partial charge in [0.15, 0.2) is 6.73 Å². The SMILES string of the molecule is FC(F)(F)c1cccc(N2COC(c3nn[nH]n3)=N2)c1. The van der Waals surface area contributed by atoms with Crippen molar-refractivity contribution in [3.8, 4) is 0 Å². The summed E-state index contributed by atoms with van der Waals surface area (Å²) in [6, 6.07) is 4.79. The zero-order chi connectivity index (χ0) is 14.2. The lowest BCUT2D eigenvalue weighted by molar-refractivity contribution is -0.137. The maximum Gasteiger partial charge on any atom is 0.416 e. The average molecular weight is 284 g/mol. The predicted octanol–water partition coefficient (Wildman–Crippen LogP) is 1.37. The van der Waals surface area contributed by atoms with E-state index in [-0.39, 0.29) is 24.1 Å². The first-order valence-corrected chi connectivity index (χ1v) is 5.44. The highest BCUT2D eigenvalue weighted by Crippen LogP contribution is 2.32. The first-order valence-electron chi connectivity index (χ1n) is 5.44. The van der Waals surface area contributed by atoms with Crippen LogP contribution >= 0.6 is 0 Å². The van der Waals surface area contributed by atoms with Gasteiger partial charge in [0.05, 0.1) is 11.3 Å². The first-order chi connectivity index (χ1) is 9.54. The quantitative estimate of drug-likeness (QED) is 0.901. The molecule has 0 bridgehead atoms. The van der Waals surface area contributed by atoms with Crippen LogP contribution in [0.1, 0.15) is 11.4 Å². The van der Waals surface area contributed by atoms with Crippen LogP contribution < -0.4 is 5.01 Å². The molecule has 2 heterocycles. The number of aromatic nitrogens is 4. The summed E-state index contributed by atoms with van der Waals surface area (Å²) in [6.07, 6.45) is -4.41. The summed E-state index contributed by atoms with van der Waals surface area (Å²) in [5.74, 6) is 0.232. The molecule has 1 N–H and O–H groups in total. The molecule has 0 atom stereocenters. The third kappa shape index (κ3) is 2.27. The van der Waals surface area contributed by atoms with Crippen LogP contribution in [-0.2, 0) is 10.9 Å². The standard InChI is InChI=1S/C10H7F3N6O/c11-10(12,13)6-2-1-3-7(4-6)19-5-20-9(16-19)8-14-17-18-15-8/h1-4H,5H2,(H,14,15,17,18). The fraction of sp³-hybridized carbons (Fsp3) is 0.200. The van der Waals surface area contributed by atoms with Gasteiger partial charge >= 0.3 is 6.18 Å². The van der Waals surface area contributed by atoms with Gasteiger partial charge in [0.25, 0.3) is 11.7 Å². The molecule has 3 rings (SSSR count). The predicted molar refractivity (Wildman–Crippen MR) is 60.6 cm³/mol. The monoisotopic (exact) mass is 284 g/mol. The smallest absolute Gasteiger partial charge is 0.416 e. The van der Waals surface area contributed by atoms with Crippen LogP contribution in [0.3, 0.4) is 0 Å². The van der Waals surface area contributed by atoms with E-state index in [9.17, 15) is 13.2 Å². The molecule has 0 saturated carbocycles. The van der Waals surface area contributed by atoms with E-state index in [4.69, 9.17) is 4.74 Å².